The molecule has 0 bridgehead atoms. The van der Waals surface area contributed by atoms with Crippen molar-refractivity contribution in [3.8, 4) is 0 Å². The molecule has 1 aromatic carbocycles. The Labute approximate surface area is 122 Å². The molecule has 1 unspecified atom stereocenters. The monoisotopic (exact) mass is 287 g/mol. The lowest BCUT2D eigenvalue weighted by molar-refractivity contribution is -0.384. The van der Waals surface area contributed by atoms with Crippen LogP contribution in [0.4, 0.5) is 5.69 Å². The summed E-state index contributed by atoms with van der Waals surface area (Å²) in [6, 6.07) is 6.45. The molecule has 0 spiro atoms. The second kappa shape index (κ2) is 6.30. The van der Waals surface area contributed by atoms with Crippen LogP contribution >= 0.6 is 0 Å². The molecule has 0 radical (unpaired) electrons. The van der Waals surface area contributed by atoms with Gasteiger partial charge in [0.2, 0.25) is 6.41 Å². The standard InChI is InChI=1S/C15H17N3O3/c1-3-14-15(16-9-19)13(8-10(2)17-14)11-4-6-12(7-5-11)18(20)21/h4-7,9,13H,3,8H2,1-2H3,(H,16,19). The van der Waals surface area contributed by atoms with E-state index in [9.17, 15) is 14.9 Å². The van der Waals surface area contributed by atoms with Crippen molar-refractivity contribution in [3.63, 3.8) is 0 Å². The first kappa shape index (κ1) is 14.9. The number of amides is 1. The molecule has 1 N–H and O–H groups in total. The molecule has 1 amide bonds. The minimum absolute atomic E-state index is 0.0246. The molecule has 0 fully saturated rings. The van der Waals surface area contributed by atoms with Gasteiger partial charge in [0.05, 0.1) is 10.6 Å². The first-order valence-corrected chi connectivity index (χ1v) is 6.78. The smallest absolute Gasteiger partial charge is 0.269 e. The molecule has 6 nitrogen and oxygen atoms in total. The largest absolute Gasteiger partial charge is 0.330 e. The Morgan fingerprint density at radius 1 is 1.43 bits per heavy atom. The summed E-state index contributed by atoms with van der Waals surface area (Å²) in [5, 5.41) is 13.5. The highest BCUT2D eigenvalue weighted by Gasteiger charge is 2.25. The topological polar surface area (TPSA) is 84.6 Å². The fourth-order valence-electron chi connectivity index (χ4n) is 2.56. The molecule has 0 saturated heterocycles. The average molecular weight is 287 g/mol. The number of hydrogen-bond acceptors (Lipinski definition) is 4. The normalized spacial score (nSPS) is 18.2. The van der Waals surface area contributed by atoms with Crippen molar-refractivity contribution >= 4 is 17.8 Å². The Morgan fingerprint density at radius 2 is 2.10 bits per heavy atom. The number of hydrogen-bond donors (Lipinski definition) is 1. The number of nitrogens with zero attached hydrogens (tertiary/aromatic N) is 2. The van der Waals surface area contributed by atoms with Crippen molar-refractivity contribution in [1.82, 2.24) is 5.32 Å². The molecular formula is C15H17N3O3. The number of carbonyl (C=O) groups excluding carboxylic acids is 1. The van der Waals surface area contributed by atoms with Crippen LogP contribution in [0, 0.1) is 10.1 Å². The summed E-state index contributed by atoms with van der Waals surface area (Å²) in [7, 11) is 0. The third-order valence-electron chi connectivity index (χ3n) is 3.54. The van der Waals surface area contributed by atoms with Gasteiger partial charge in [-0.1, -0.05) is 19.1 Å². The number of nitrogens with one attached hydrogen (secondary N) is 1. The highest BCUT2D eigenvalue weighted by atomic mass is 16.6. The molecule has 1 aromatic rings. The third kappa shape index (κ3) is 3.16. The van der Waals surface area contributed by atoms with Crippen LogP contribution in [0.5, 0.6) is 0 Å². The van der Waals surface area contributed by atoms with Gasteiger partial charge >= 0.3 is 0 Å². The van der Waals surface area contributed by atoms with Crippen molar-refractivity contribution in [3.05, 3.63) is 51.3 Å². The third-order valence-corrected chi connectivity index (χ3v) is 3.54. The van der Waals surface area contributed by atoms with E-state index in [0.717, 1.165) is 29.1 Å². The van der Waals surface area contributed by atoms with Crippen molar-refractivity contribution in [2.75, 3.05) is 0 Å². The zero-order valence-corrected chi connectivity index (χ0v) is 12.0. The molecule has 2 rings (SSSR count). The van der Waals surface area contributed by atoms with Gasteiger partial charge in [-0.2, -0.15) is 0 Å². The van der Waals surface area contributed by atoms with E-state index < -0.39 is 4.92 Å². The second-order valence-electron chi connectivity index (χ2n) is 4.93. The fourth-order valence-corrected chi connectivity index (χ4v) is 2.56. The van der Waals surface area contributed by atoms with E-state index >= 15 is 0 Å². The van der Waals surface area contributed by atoms with E-state index in [2.05, 4.69) is 10.3 Å². The van der Waals surface area contributed by atoms with Gasteiger partial charge in [0.25, 0.3) is 5.69 Å². The second-order valence-corrected chi connectivity index (χ2v) is 4.93. The van der Waals surface area contributed by atoms with Crippen LogP contribution in [0.25, 0.3) is 0 Å². The van der Waals surface area contributed by atoms with Crippen LogP contribution in [-0.2, 0) is 4.79 Å². The summed E-state index contributed by atoms with van der Waals surface area (Å²) >= 11 is 0. The number of nitro groups is 1. The molecular weight excluding hydrogens is 270 g/mol. The van der Waals surface area contributed by atoms with E-state index in [-0.39, 0.29) is 11.6 Å². The predicted molar refractivity (Wildman–Crippen MR) is 80.1 cm³/mol. The maximum Gasteiger partial charge on any atom is 0.269 e. The SMILES string of the molecule is CCC1=C(NC=O)C(c2ccc([N+](=O)[O-])cc2)CC(C)=N1. The van der Waals surface area contributed by atoms with E-state index in [4.69, 9.17) is 0 Å². The number of non-ortho nitro benzene ring substituents is 1. The van der Waals surface area contributed by atoms with E-state index in [1.54, 1.807) is 12.1 Å². The van der Waals surface area contributed by atoms with Crippen LogP contribution in [0.3, 0.4) is 0 Å². The summed E-state index contributed by atoms with van der Waals surface area (Å²) in [5.41, 5.74) is 3.63. The minimum Gasteiger partial charge on any atom is -0.330 e. The first-order valence-electron chi connectivity index (χ1n) is 6.78. The first-order chi connectivity index (χ1) is 10.1. The lowest BCUT2D eigenvalue weighted by atomic mass is 9.87. The van der Waals surface area contributed by atoms with E-state index in [1.807, 2.05) is 13.8 Å². The molecule has 21 heavy (non-hydrogen) atoms. The molecule has 1 aliphatic rings. The van der Waals surface area contributed by atoms with Gasteiger partial charge in [-0.05, 0) is 25.3 Å². The van der Waals surface area contributed by atoms with Crippen LogP contribution in [0.15, 0.2) is 40.7 Å². The van der Waals surface area contributed by atoms with Crippen molar-refractivity contribution in [2.24, 2.45) is 4.99 Å². The van der Waals surface area contributed by atoms with Crippen LogP contribution < -0.4 is 5.32 Å². The molecule has 0 aromatic heterocycles. The Bertz CT molecular complexity index is 618. The van der Waals surface area contributed by atoms with Gasteiger partial charge in [-0.3, -0.25) is 19.9 Å². The molecule has 1 heterocycles. The quantitative estimate of drug-likeness (QED) is 0.513. The van der Waals surface area contributed by atoms with Crippen molar-refractivity contribution < 1.29 is 9.72 Å². The Kier molecular flexibility index (Phi) is 4.47. The molecule has 6 heteroatoms. The van der Waals surface area contributed by atoms with Gasteiger partial charge in [-0.25, -0.2) is 0 Å². The highest BCUT2D eigenvalue weighted by Crippen LogP contribution is 2.34. The molecule has 1 aliphatic heterocycles. The summed E-state index contributed by atoms with van der Waals surface area (Å²) in [6.07, 6.45) is 2.06. The lowest BCUT2D eigenvalue weighted by Crippen LogP contribution is -2.24. The zero-order chi connectivity index (χ0) is 15.4. The predicted octanol–water partition coefficient (Wildman–Crippen LogP) is 2.91. The summed E-state index contributed by atoms with van der Waals surface area (Å²) in [6.45, 7) is 3.93. The Balaban J connectivity index is 2.41. The summed E-state index contributed by atoms with van der Waals surface area (Å²) in [4.78, 5) is 25.6. The number of benzene rings is 1. The fraction of sp³-hybridized carbons (Fsp3) is 0.333. The van der Waals surface area contributed by atoms with E-state index in [1.165, 1.54) is 12.1 Å². The number of aliphatic imine (C=N–C) groups is 1. The lowest BCUT2D eigenvalue weighted by Gasteiger charge is -2.26. The van der Waals surface area contributed by atoms with Crippen molar-refractivity contribution in [2.45, 2.75) is 32.6 Å². The van der Waals surface area contributed by atoms with Gasteiger partial charge in [0, 0.05) is 29.5 Å². The molecule has 0 saturated carbocycles. The van der Waals surface area contributed by atoms with Gasteiger partial charge in [0.1, 0.15) is 0 Å². The maximum atomic E-state index is 10.9. The number of nitro benzene ring substituents is 1. The average Bonchev–Trinajstić information content (AvgIpc) is 2.48. The highest BCUT2D eigenvalue weighted by molar-refractivity contribution is 5.85. The summed E-state index contributed by atoms with van der Waals surface area (Å²) in [5.74, 6) is -0.0246. The van der Waals surface area contributed by atoms with E-state index in [0.29, 0.717) is 12.8 Å². The van der Waals surface area contributed by atoms with Crippen molar-refractivity contribution in [1.29, 1.82) is 0 Å². The zero-order valence-electron chi connectivity index (χ0n) is 12.0. The van der Waals surface area contributed by atoms with Gasteiger partial charge in [-0.15, -0.1) is 0 Å². The Hall–Kier alpha value is -2.50. The van der Waals surface area contributed by atoms with Crippen LogP contribution in [0.1, 0.15) is 38.2 Å². The number of carbonyl (C=O) groups is 1. The van der Waals surface area contributed by atoms with Crippen LogP contribution in [-0.4, -0.2) is 17.0 Å². The van der Waals surface area contributed by atoms with Gasteiger partial charge < -0.3 is 5.32 Å². The number of allylic oxidation sites excluding steroid dienone is 2. The Morgan fingerprint density at radius 3 is 2.62 bits per heavy atom. The van der Waals surface area contributed by atoms with Gasteiger partial charge in [0.15, 0.2) is 0 Å². The maximum absolute atomic E-state index is 10.9. The number of rotatable bonds is 5. The molecule has 0 aliphatic carbocycles. The molecule has 110 valence electrons. The minimum atomic E-state index is -0.421. The summed E-state index contributed by atoms with van der Waals surface area (Å²) < 4.78 is 0. The molecule has 1 atom stereocenters. The van der Waals surface area contributed by atoms with Crippen LogP contribution in [0.2, 0.25) is 0 Å².